The highest BCUT2D eigenvalue weighted by Crippen LogP contribution is 2.45. The first kappa shape index (κ1) is 19.2. The monoisotopic (exact) mass is 406 g/mol. The number of aryl methyl sites for hydroxylation is 1. The molecule has 0 saturated carbocycles. The Bertz CT molecular complexity index is 1110. The third-order valence-electron chi connectivity index (χ3n) is 5.61. The first-order chi connectivity index (χ1) is 13.8. The Labute approximate surface area is 173 Å². The molecule has 1 amide bonds. The van der Waals surface area contributed by atoms with Gasteiger partial charge in [-0.3, -0.25) is 14.9 Å². The van der Waals surface area contributed by atoms with E-state index in [0.29, 0.717) is 17.1 Å². The van der Waals surface area contributed by atoms with Crippen LogP contribution in [0.15, 0.2) is 66.7 Å². The second kappa shape index (κ2) is 7.01. The summed E-state index contributed by atoms with van der Waals surface area (Å²) in [7, 11) is 0. The first-order valence-electron chi connectivity index (χ1n) is 9.23. The maximum Gasteiger partial charge on any atom is 0.269 e. The molecule has 3 aromatic carbocycles. The maximum atomic E-state index is 13.3. The molecule has 1 aliphatic heterocycles. The van der Waals surface area contributed by atoms with E-state index in [1.54, 1.807) is 12.1 Å². The molecule has 1 heterocycles. The highest BCUT2D eigenvalue weighted by Gasteiger charge is 2.47. The molecule has 4 rings (SSSR count). The number of nitro benzene ring substituents is 1. The second-order valence-corrected chi connectivity index (χ2v) is 7.88. The molecule has 5 nitrogen and oxygen atoms in total. The summed E-state index contributed by atoms with van der Waals surface area (Å²) in [4.78, 5) is 25.7. The summed E-state index contributed by atoms with van der Waals surface area (Å²) in [6.07, 6.45) is 0. The zero-order valence-electron chi connectivity index (χ0n) is 16.1. The van der Waals surface area contributed by atoms with Crippen molar-refractivity contribution in [3.05, 3.63) is 110 Å². The van der Waals surface area contributed by atoms with Gasteiger partial charge in [-0.15, -0.1) is 0 Å². The SMILES string of the molecule is Cc1ccc2c(c1)C(C)(c1ccc(Cl)cc1)N(Cc1ccc([N+](=O)[O-])cc1)C2=O. The molecule has 146 valence electrons. The topological polar surface area (TPSA) is 63.4 Å². The Balaban J connectivity index is 1.81. The number of hydrogen-bond donors (Lipinski definition) is 0. The number of amides is 1. The number of non-ortho nitro benzene ring substituents is 1. The van der Waals surface area contributed by atoms with Crippen molar-refractivity contribution in [1.29, 1.82) is 0 Å². The van der Waals surface area contributed by atoms with Crippen LogP contribution in [-0.4, -0.2) is 15.7 Å². The molecule has 0 saturated heterocycles. The van der Waals surface area contributed by atoms with Crippen molar-refractivity contribution in [3.8, 4) is 0 Å². The lowest BCUT2D eigenvalue weighted by Gasteiger charge is -2.37. The van der Waals surface area contributed by atoms with Crippen LogP contribution in [0.3, 0.4) is 0 Å². The van der Waals surface area contributed by atoms with Crippen molar-refractivity contribution in [2.75, 3.05) is 0 Å². The van der Waals surface area contributed by atoms with Crippen LogP contribution >= 0.6 is 11.6 Å². The Morgan fingerprint density at radius 3 is 2.31 bits per heavy atom. The summed E-state index contributed by atoms with van der Waals surface area (Å²) in [6, 6.07) is 19.7. The van der Waals surface area contributed by atoms with E-state index in [9.17, 15) is 14.9 Å². The largest absolute Gasteiger partial charge is 0.321 e. The van der Waals surface area contributed by atoms with Gasteiger partial charge in [0.2, 0.25) is 0 Å². The fraction of sp³-hybridized carbons (Fsp3) is 0.174. The van der Waals surface area contributed by atoms with Gasteiger partial charge in [-0.2, -0.15) is 0 Å². The Morgan fingerprint density at radius 1 is 1.03 bits per heavy atom. The van der Waals surface area contributed by atoms with E-state index in [4.69, 9.17) is 11.6 Å². The number of nitro groups is 1. The number of benzene rings is 3. The molecule has 0 aliphatic carbocycles. The normalized spacial score (nSPS) is 18.0. The van der Waals surface area contributed by atoms with Crippen LogP contribution in [-0.2, 0) is 12.1 Å². The highest BCUT2D eigenvalue weighted by molar-refractivity contribution is 6.30. The standard InChI is InChI=1S/C23H19ClN2O3/c1-15-3-12-20-21(13-15)23(2,17-6-8-18(24)9-7-17)25(22(20)27)14-16-4-10-19(11-5-16)26(28)29/h3-13H,14H2,1-2H3. The Hall–Kier alpha value is -3.18. The summed E-state index contributed by atoms with van der Waals surface area (Å²) < 4.78 is 0. The molecule has 1 unspecified atom stereocenters. The summed E-state index contributed by atoms with van der Waals surface area (Å²) in [6.45, 7) is 4.38. The number of hydrogen-bond acceptors (Lipinski definition) is 3. The van der Waals surface area contributed by atoms with Crippen LogP contribution < -0.4 is 0 Å². The molecule has 0 spiro atoms. The van der Waals surface area contributed by atoms with Crippen LogP contribution in [0.25, 0.3) is 0 Å². The maximum absolute atomic E-state index is 13.3. The van der Waals surface area contributed by atoms with Gasteiger partial charge >= 0.3 is 0 Å². The van der Waals surface area contributed by atoms with E-state index in [0.717, 1.165) is 22.3 Å². The zero-order chi connectivity index (χ0) is 20.8. The summed E-state index contributed by atoms with van der Waals surface area (Å²) in [5.41, 5.74) is 3.84. The van der Waals surface area contributed by atoms with Gasteiger partial charge in [-0.25, -0.2) is 0 Å². The molecule has 6 heteroatoms. The number of rotatable bonds is 4. The number of halogens is 1. The van der Waals surface area contributed by atoms with Gasteiger partial charge in [0.1, 0.15) is 0 Å². The number of nitrogens with zero attached hydrogens (tertiary/aromatic N) is 2. The molecule has 0 N–H and O–H groups in total. The third kappa shape index (κ3) is 3.17. The highest BCUT2D eigenvalue weighted by atomic mass is 35.5. The smallest absolute Gasteiger partial charge is 0.269 e. The summed E-state index contributed by atoms with van der Waals surface area (Å²) in [5.74, 6) is -0.0594. The lowest BCUT2D eigenvalue weighted by molar-refractivity contribution is -0.384. The van der Waals surface area contributed by atoms with Crippen LogP contribution in [0.1, 0.15) is 39.5 Å². The van der Waals surface area contributed by atoms with Gasteiger partial charge in [0.15, 0.2) is 0 Å². The molecule has 29 heavy (non-hydrogen) atoms. The molecule has 0 bridgehead atoms. The summed E-state index contributed by atoms with van der Waals surface area (Å²) >= 11 is 6.09. The molecule has 1 aliphatic rings. The Morgan fingerprint density at radius 2 is 1.69 bits per heavy atom. The van der Waals surface area contributed by atoms with Gasteiger partial charge in [0.05, 0.1) is 10.5 Å². The molecule has 1 atom stereocenters. The third-order valence-corrected chi connectivity index (χ3v) is 5.86. The minimum absolute atomic E-state index is 0.0286. The van der Waals surface area contributed by atoms with Gasteiger partial charge in [0, 0.05) is 29.3 Å². The van der Waals surface area contributed by atoms with E-state index in [1.807, 2.05) is 55.1 Å². The van der Waals surface area contributed by atoms with Gasteiger partial charge in [-0.05, 0) is 48.7 Å². The molecule has 3 aromatic rings. The predicted molar refractivity (Wildman–Crippen MR) is 112 cm³/mol. The van der Waals surface area contributed by atoms with E-state index in [2.05, 4.69) is 6.07 Å². The van der Waals surface area contributed by atoms with E-state index < -0.39 is 10.5 Å². The van der Waals surface area contributed by atoms with Crippen LogP contribution in [0.5, 0.6) is 0 Å². The first-order valence-corrected chi connectivity index (χ1v) is 9.61. The van der Waals surface area contributed by atoms with E-state index >= 15 is 0 Å². The van der Waals surface area contributed by atoms with Gasteiger partial charge < -0.3 is 4.90 Å². The Kier molecular flexibility index (Phi) is 4.63. The average Bonchev–Trinajstić information content (AvgIpc) is 2.91. The van der Waals surface area contributed by atoms with Crippen molar-refractivity contribution in [2.45, 2.75) is 25.9 Å². The molecular formula is C23H19ClN2O3. The van der Waals surface area contributed by atoms with Crippen LogP contribution in [0.4, 0.5) is 5.69 Å². The molecule has 0 aromatic heterocycles. The lowest BCUT2D eigenvalue weighted by atomic mass is 9.83. The molecular weight excluding hydrogens is 388 g/mol. The molecule has 0 radical (unpaired) electrons. The van der Waals surface area contributed by atoms with Gasteiger partial charge in [-0.1, -0.05) is 53.6 Å². The van der Waals surface area contributed by atoms with Gasteiger partial charge in [0.25, 0.3) is 11.6 Å². The van der Waals surface area contributed by atoms with Crippen LogP contribution in [0.2, 0.25) is 5.02 Å². The van der Waals surface area contributed by atoms with Crippen molar-refractivity contribution in [3.63, 3.8) is 0 Å². The quantitative estimate of drug-likeness (QED) is 0.426. The van der Waals surface area contributed by atoms with Crippen molar-refractivity contribution < 1.29 is 9.72 Å². The fourth-order valence-electron chi connectivity index (χ4n) is 3.96. The van der Waals surface area contributed by atoms with Crippen molar-refractivity contribution in [2.24, 2.45) is 0 Å². The average molecular weight is 407 g/mol. The summed E-state index contributed by atoms with van der Waals surface area (Å²) in [5, 5.41) is 11.6. The minimum Gasteiger partial charge on any atom is -0.321 e. The number of carbonyl (C=O) groups excluding carboxylic acids is 1. The van der Waals surface area contributed by atoms with Crippen molar-refractivity contribution in [1.82, 2.24) is 4.90 Å². The van der Waals surface area contributed by atoms with Crippen LogP contribution in [0, 0.1) is 17.0 Å². The molecule has 0 fully saturated rings. The van der Waals surface area contributed by atoms with E-state index in [-0.39, 0.29) is 11.6 Å². The lowest BCUT2D eigenvalue weighted by Crippen LogP contribution is -2.41. The fourth-order valence-corrected chi connectivity index (χ4v) is 4.09. The van der Waals surface area contributed by atoms with Crippen molar-refractivity contribution >= 4 is 23.2 Å². The predicted octanol–water partition coefficient (Wildman–Crippen LogP) is 5.48. The second-order valence-electron chi connectivity index (χ2n) is 7.44. The van der Waals surface area contributed by atoms with E-state index in [1.165, 1.54) is 12.1 Å². The minimum atomic E-state index is -0.676. The zero-order valence-corrected chi connectivity index (χ0v) is 16.8. The number of fused-ring (bicyclic) bond motifs is 1. The number of carbonyl (C=O) groups is 1.